The van der Waals surface area contributed by atoms with Crippen LogP contribution >= 0.6 is 0 Å². The molecule has 0 fully saturated rings. The van der Waals surface area contributed by atoms with Crippen molar-refractivity contribution >= 4 is 0 Å². The lowest BCUT2D eigenvalue weighted by Crippen LogP contribution is -2.29. The number of hydrogen-bond donors (Lipinski definition) is 2. The first-order valence-corrected chi connectivity index (χ1v) is 6.06. The van der Waals surface area contributed by atoms with Gasteiger partial charge in [-0.2, -0.15) is 0 Å². The Morgan fingerprint density at radius 2 is 1.74 bits per heavy atom. The van der Waals surface area contributed by atoms with Crippen LogP contribution in [0.15, 0.2) is 42.5 Å². The lowest BCUT2D eigenvalue weighted by atomic mass is 9.98. The van der Waals surface area contributed by atoms with Gasteiger partial charge in [-0.25, -0.2) is 8.78 Å². The van der Waals surface area contributed by atoms with Crippen LogP contribution < -0.4 is 11.3 Å². The molecular formula is C15H16F2N2. The van der Waals surface area contributed by atoms with Crippen molar-refractivity contribution in [1.29, 1.82) is 0 Å². The van der Waals surface area contributed by atoms with Crippen LogP contribution in [0, 0.1) is 18.6 Å². The van der Waals surface area contributed by atoms with Crippen LogP contribution in [-0.4, -0.2) is 0 Å². The smallest absolute Gasteiger partial charge is 0.123 e. The lowest BCUT2D eigenvalue weighted by molar-refractivity contribution is 0.543. The third-order valence-electron chi connectivity index (χ3n) is 3.02. The molecule has 0 amide bonds. The maximum Gasteiger partial charge on any atom is 0.123 e. The topological polar surface area (TPSA) is 38.0 Å². The van der Waals surface area contributed by atoms with E-state index in [1.54, 1.807) is 12.1 Å². The molecule has 2 nitrogen and oxygen atoms in total. The second-order valence-corrected chi connectivity index (χ2v) is 4.61. The van der Waals surface area contributed by atoms with E-state index < -0.39 is 0 Å². The number of halogens is 2. The van der Waals surface area contributed by atoms with Gasteiger partial charge >= 0.3 is 0 Å². The molecule has 0 saturated heterocycles. The van der Waals surface area contributed by atoms with Crippen LogP contribution in [0.25, 0.3) is 0 Å². The SMILES string of the molecule is Cc1cc(F)cc(C(Cc2ccc(F)cc2)NN)c1. The van der Waals surface area contributed by atoms with Crippen molar-refractivity contribution in [3.05, 3.63) is 70.8 Å². The van der Waals surface area contributed by atoms with Gasteiger partial charge in [0.15, 0.2) is 0 Å². The first kappa shape index (κ1) is 13.6. The summed E-state index contributed by atoms with van der Waals surface area (Å²) in [5.74, 6) is 4.98. The van der Waals surface area contributed by atoms with Crippen molar-refractivity contribution in [2.75, 3.05) is 0 Å². The van der Waals surface area contributed by atoms with Crippen LogP contribution in [0.4, 0.5) is 8.78 Å². The van der Waals surface area contributed by atoms with Gasteiger partial charge in [0.25, 0.3) is 0 Å². The molecular weight excluding hydrogens is 246 g/mol. The van der Waals surface area contributed by atoms with Crippen molar-refractivity contribution in [3.63, 3.8) is 0 Å². The number of aryl methyl sites for hydroxylation is 1. The van der Waals surface area contributed by atoms with Crippen LogP contribution in [0.5, 0.6) is 0 Å². The van der Waals surface area contributed by atoms with Crippen molar-refractivity contribution in [2.45, 2.75) is 19.4 Å². The molecule has 0 aliphatic rings. The van der Waals surface area contributed by atoms with E-state index in [4.69, 9.17) is 5.84 Å². The van der Waals surface area contributed by atoms with E-state index in [0.717, 1.165) is 16.7 Å². The molecule has 0 bridgehead atoms. The Morgan fingerprint density at radius 3 is 2.32 bits per heavy atom. The second-order valence-electron chi connectivity index (χ2n) is 4.61. The maximum atomic E-state index is 13.4. The quantitative estimate of drug-likeness (QED) is 0.656. The molecule has 4 heteroatoms. The van der Waals surface area contributed by atoms with Crippen molar-refractivity contribution in [1.82, 2.24) is 5.43 Å². The fourth-order valence-corrected chi connectivity index (χ4v) is 2.09. The zero-order chi connectivity index (χ0) is 13.8. The minimum Gasteiger partial charge on any atom is -0.271 e. The van der Waals surface area contributed by atoms with Gasteiger partial charge in [-0.3, -0.25) is 11.3 Å². The third kappa shape index (κ3) is 3.59. The molecule has 0 spiro atoms. The maximum absolute atomic E-state index is 13.4. The number of benzene rings is 2. The zero-order valence-electron chi connectivity index (χ0n) is 10.7. The molecule has 3 N–H and O–H groups in total. The Morgan fingerprint density at radius 1 is 1.05 bits per heavy atom. The van der Waals surface area contributed by atoms with Gasteiger partial charge in [0, 0.05) is 0 Å². The largest absolute Gasteiger partial charge is 0.271 e. The van der Waals surface area contributed by atoms with Crippen LogP contribution in [0.3, 0.4) is 0 Å². The highest BCUT2D eigenvalue weighted by molar-refractivity contribution is 5.28. The Balaban J connectivity index is 2.22. The van der Waals surface area contributed by atoms with Gasteiger partial charge in [-0.05, 0) is 54.3 Å². The van der Waals surface area contributed by atoms with Gasteiger partial charge in [-0.1, -0.05) is 18.2 Å². The molecule has 0 heterocycles. The molecule has 0 aliphatic carbocycles. The van der Waals surface area contributed by atoms with Gasteiger partial charge in [-0.15, -0.1) is 0 Å². The summed E-state index contributed by atoms with van der Waals surface area (Å²) in [7, 11) is 0. The monoisotopic (exact) mass is 262 g/mol. The number of hydrazine groups is 1. The van der Waals surface area contributed by atoms with Gasteiger partial charge in [0.2, 0.25) is 0 Å². The normalized spacial score (nSPS) is 12.4. The molecule has 1 unspecified atom stereocenters. The fourth-order valence-electron chi connectivity index (χ4n) is 2.09. The van der Waals surface area contributed by atoms with E-state index >= 15 is 0 Å². The van der Waals surface area contributed by atoms with Crippen molar-refractivity contribution in [2.24, 2.45) is 5.84 Å². The zero-order valence-corrected chi connectivity index (χ0v) is 10.7. The summed E-state index contributed by atoms with van der Waals surface area (Å²) >= 11 is 0. The van der Waals surface area contributed by atoms with Crippen LogP contribution in [0.1, 0.15) is 22.7 Å². The highest BCUT2D eigenvalue weighted by Gasteiger charge is 2.12. The molecule has 19 heavy (non-hydrogen) atoms. The summed E-state index contributed by atoms with van der Waals surface area (Å²) in [6.07, 6.45) is 0.569. The third-order valence-corrected chi connectivity index (χ3v) is 3.02. The van der Waals surface area contributed by atoms with Crippen molar-refractivity contribution < 1.29 is 8.78 Å². The van der Waals surface area contributed by atoms with Gasteiger partial charge < -0.3 is 0 Å². The van der Waals surface area contributed by atoms with E-state index in [2.05, 4.69) is 5.43 Å². The molecule has 2 aromatic carbocycles. The molecule has 2 rings (SSSR count). The molecule has 0 saturated carbocycles. The Bertz CT molecular complexity index is 532. The lowest BCUT2D eigenvalue weighted by Gasteiger charge is -2.17. The van der Waals surface area contributed by atoms with E-state index in [9.17, 15) is 8.78 Å². The average Bonchev–Trinajstić information content (AvgIpc) is 2.37. The predicted octanol–water partition coefficient (Wildman–Crippen LogP) is 3.02. The number of rotatable bonds is 4. The first-order chi connectivity index (χ1) is 9.08. The number of hydrogen-bond acceptors (Lipinski definition) is 2. The van der Waals surface area contributed by atoms with E-state index in [-0.39, 0.29) is 17.7 Å². The van der Waals surface area contributed by atoms with E-state index in [1.807, 2.05) is 13.0 Å². The molecule has 1 atom stereocenters. The van der Waals surface area contributed by atoms with Crippen molar-refractivity contribution in [3.8, 4) is 0 Å². The summed E-state index contributed by atoms with van der Waals surface area (Å²) < 4.78 is 26.2. The molecule has 0 aliphatic heterocycles. The van der Waals surface area contributed by atoms with E-state index in [1.165, 1.54) is 24.3 Å². The summed E-state index contributed by atoms with van der Waals surface area (Å²) in [5, 5.41) is 0. The number of nitrogens with one attached hydrogen (secondary N) is 1. The predicted molar refractivity (Wildman–Crippen MR) is 71.3 cm³/mol. The summed E-state index contributed by atoms with van der Waals surface area (Å²) in [6.45, 7) is 1.83. The van der Waals surface area contributed by atoms with E-state index in [0.29, 0.717) is 6.42 Å². The summed E-state index contributed by atoms with van der Waals surface area (Å²) in [6, 6.07) is 10.8. The second kappa shape index (κ2) is 5.91. The highest BCUT2D eigenvalue weighted by atomic mass is 19.1. The Hall–Kier alpha value is -1.78. The Labute approximate surface area is 111 Å². The van der Waals surface area contributed by atoms with Gasteiger partial charge in [0.1, 0.15) is 11.6 Å². The standard InChI is InChI=1S/C15H16F2N2/c1-10-6-12(9-14(17)7-10)15(19-18)8-11-2-4-13(16)5-3-11/h2-7,9,15,19H,8,18H2,1H3. The summed E-state index contributed by atoms with van der Waals surface area (Å²) in [5.41, 5.74) is 5.24. The number of nitrogens with two attached hydrogens (primary N) is 1. The van der Waals surface area contributed by atoms with Crippen LogP contribution in [0.2, 0.25) is 0 Å². The van der Waals surface area contributed by atoms with Gasteiger partial charge in [0.05, 0.1) is 6.04 Å². The van der Waals surface area contributed by atoms with Crippen LogP contribution in [-0.2, 0) is 6.42 Å². The molecule has 100 valence electrons. The summed E-state index contributed by atoms with van der Waals surface area (Å²) in [4.78, 5) is 0. The minimum atomic E-state index is -0.283. The highest BCUT2D eigenvalue weighted by Crippen LogP contribution is 2.20. The molecule has 2 aromatic rings. The average molecular weight is 262 g/mol. The minimum absolute atomic E-state index is 0.208. The molecule has 0 radical (unpaired) electrons. The fraction of sp³-hybridized carbons (Fsp3) is 0.200. The first-order valence-electron chi connectivity index (χ1n) is 6.06. The molecule has 0 aromatic heterocycles. The Kier molecular flexibility index (Phi) is 4.24.